The molecule has 0 spiro atoms. The van der Waals surface area contributed by atoms with Crippen molar-refractivity contribution in [2.24, 2.45) is 10.6 Å². The van der Waals surface area contributed by atoms with E-state index in [0.29, 0.717) is 6.54 Å². The summed E-state index contributed by atoms with van der Waals surface area (Å²) in [6, 6.07) is 3.99. The average molecular weight is 319 g/mol. The van der Waals surface area contributed by atoms with Gasteiger partial charge in [-0.15, -0.1) is 0 Å². The van der Waals surface area contributed by atoms with Crippen LogP contribution >= 0.6 is 11.6 Å². The largest absolute Gasteiger partial charge is 0.352 e. The molecule has 0 radical (unpaired) electrons. The number of carbonyl (C=O) groups is 1. The van der Waals surface area contributed by atoms with Crippen molar-refractivity contribution < 1.29 is 13.2 Å². The predicted octanol–water partition coefficient (Wildman–Crippen LogP) is 2.15. The summed E-state index contributed by atoms with van der Waals surface area (Å²) in [7, 11) is -3.95. The number of nitrogens with two attached hydrogens (primary N) is 1. The number of benzene rings is 1. The number of hydrogen-bond donors (Lipinski definition) is 2. The number of nitrogens with one attached hydrogen (secondary N) is 1. The Morgan fingerprint density at radius 3 is 2.45 bits per heavy atom. The third kappa shape index (κ3) is 5.11. The molecule has 0 saturated heterocycles. The Morgan fingerprint density at radius 1 is 1.35 bits per heavy atom. The van der Waals surface area contributed by atoms with Gasteiger partial charge in [-0.05, 0) is 30.0 Å². The molecule has 3 N–H and O–H groups in total. The van der Waals surface area contributed by atoms with Crippen LogP contribution in [-0.2, 0) is 10.0 Å². The van der Waals surface area contributed by atoms with Crippen LogP contribution in [0.5, 0.6) is 0 Å². The lowest BCUT2D eigenvalue weighted by molar-refractivity contribution is 0.0949. The standard InChI is InChI=1S/C13H19ClN2O3S/c1-13(2,3)6-7-16-12(17)9-4-5-10(14)11(8-9)20(15,18)19/h4-5,8H,6-7H2,1-3H3,(H,16,17)(H2,15,18,19). The van der Waals surface area contributed by atoms with Crippen LogP contribution in [0.1, 0.15) is 37.6 Å². The van der Waals surface area contributed by atoms with E-state index >= 15 is 0 Å². The van der Waals surface area contributed by atoms with E-state index < -0.39 is 10.0 Å². The quantitative estimate of drug-likeness (QED) is 0.891. The Balaban J connectivity index is 2.85. The van der Waals surface area contributed by atoms with Gasteiger partial charge in [-0.3, -0.25) is 4.79 Å². The van der Waals surface area contributed by atoms with Gasteiger partial charge in [-0.25, -0.2) is 13.6 Å². The van der Waals surface area contributed by atoms with Crippen molar-refractivity contribution in [2.45, 2.75) is 32.1 Å². The van der Waals surface area contributed by atoms with Gasteiger partial charge in [0.25, 0.3) is 5.91 Å². The van der Waals surface area contributed by atoms with Crippen LogP contribution in [0.4, 0.5) is 0 Å². The number of rotatable bonds is 4. The molecule has 5 nitrogen and oxygen atoms in total. The fourth-order valence-corrected chi connectivity index (χ4v) is 2.59. The van der Waals surface area contributed by atoms with Crippen LogP contribution in [-0.4, -0.2) is 20.9 Å². The zero-order valence-corrected chi connectivity index (χ0v) is 13.3. The van der Waals surface area contributed by atoms with E-state index in [0.717, 1.165) is 6.42 Å². The van der Waals surface area contributed by atoms with Gasteiger partial charge >= 0.3 is 0 Å². The summed E-state index contributed by atoms with van der Waals surface area (Å²) in [6.07, 6.45) is 0.814. The molecule has 0 atom stereocenters. The van der Waals surface area contributed by atoms with Gasteiger partial charge in [0.1, 0.15) is 4.90 Å². The molecule has 0 aliphatic carbocycles. The van der Waals surface area contributed by atoms with Crippen molar-refractivity contribution in [1.29, 1.82) is 0 Å². The third-order valence-corrected chi connectivity index (χ3v) is 4.05. The Hall–Kier alpha value is -1.11. The van der Waals surface area contributed by atoms with Gasteiger partial charge in [-0.1, -0.05) is 32.4 Å². The lowest BCUT2D eigenvalue weighted by atomic mass is 9.92. The van der Waals surface area contributed by atoms with Crippen molar-refractivity contribution in [3.05, 3.63) is 28.8 Å². The highest BCUT2D eigenvalue weighted by Crippen LogP contribution is 2.21. The summed E-state index contributed by atoms with van der Waals surface area (Å²) >= 11 is 5.76. The minimum Gasteiger partial charge on any atom is -0.352 e. The summed E-state index contributed by atoms with van der Waals surface area (Å²) in [6.45, 7) is 6.72. The van der Waals surface area contributed by atoms with Gasteiger partial charge in [-0.2, -0.15) is 0 Å². The first-order chi connectivity index (χ1) is 9.00. The topological polar surface area (TPSA) is 89.3 Å². The number of hydrogen-bond acceptors (Lipinski definition) is 3. The SMILES string of the molecule is CC(C)(C)CCNC(=O)c1ccc(Cl)c(S(N)(=O)=O)c1. The first-order valence-corrected chi connectivity index (χ1v) is 8.04. The normalized spacial score (nSPS) is 12.2. The van der Waals surface area contributed by atoms with Gasteiger partial charge in [0.15, 0.2) is 0 Å². The van der Waals surface area contributed by atoms with Gasteiger partial charge in [0, 0.05) is 12.1 Å². The Kier molecular flexibility index (Phi) is 5.18. The molecule has 1 aromatic carbocycles. The number of primary sulfonamides is 1. The molecule has 1 amide bonds. The maximum atomic E-state index is 11.9. The number of carbonyl (C=O) groups excluding carboxylic acids is 1. The first-order valence-electron chi connectivity index (χ1n) is 6.11. The van der Waals surface area contributed by atoms with Crippen molar-refractivity contribution in [3.8, 4) is 0 Å². The second kappa shape index (κ2) is 6.11. The van der Waals surface area contributed by atoms with Crippen LogP contribution in [0.15, 0.2) is 23.1 Å². The lowest BCUT2D eigenvalue weighted by Gasteiger charge is -2.18. The fourth-order valence-electron chi connectivity index (χ4n) is 1.52. The summed E-state index contributed by atoms with van der Waals surface area (Å²) in [5.74, 6) is -0.351. The number of halogens is 1. The van der Waals surface area contributed by atoms with Gasteiger partial charge in [0.2, 0.25) is 10.0 Å². The minimum atomic E-state index is -3.95. The van der Waals surface area contributed by atoms with E-state index in [1.54, 1.807) is 0 Å². The maximum absolute atomic E-state index is 11.9. The molecule has 20 heavy (non-hydrogen) atoms. The van der Waals surface area contributed by atoms with E-state index in [1.807, 2.05) is 0 Å². The molecule has 7 heteroatoms. The second-order valence-electron chi connectivity index (χ2n) is 5.76. The predicted molar refractivity (Wildman–Crippen MR) is 79.2 cm³/mol. The molecule has 0 aromatic heterocycles. The molecule has 0 bridgehead atoms. The third-order valence-electron chi connectivity index (χ3n) is 2.66. The smallest absolute Gasteiger partial charge is 0.251 e. The molecular weight excluding hydrogens is 300 g/mol. The molecular formula is C13H19ClN2O3S. The van der Waals surface area contributed by atoms with Crippen molar-refractivity contribution in [3.63, 3.8) is 0 Å². The van der Waals surface area contributed by atoms with Gasteiger partial charge in [0.05, 0.1) is 5.02 Å². The summed E-state index contributed by atoms with van der Waals surface area (Å²) in [5.41, 5.74) is 0.325. The fraction of sp³-hybridized carbons (Fsp3) is 0.462. The highest BCUT2D eigenvalue weighted by Gasteiger charge is 2.17. The summed E-state index contributed by atoms with van der Waals surface area (Å²) in [4.78, 5) is 11.7. The first kappa shape index (κ1) is 16.9. The highest BCUT2D eigenvalue weighted by molar-refractivity contribution is 7.89. The molecule has 0 fully saturated rings. The molecule has 0 aliphatic rings. The number of sulfonamides is 1. The van der Waals surface area contributed by atoms with Crippen molar-refractivity contribution >= 4 is 27.5 Å². The van der Waals surface area contributed by atoms with Gasteiger partial charge < -0.3 is 5.32 Å². The van der Waals surface area contributed by atoms with Crippen LogP contribution in [0, 0.1) is 5.41 Å². The molecule has 0 aliphatic heterocycles. The Morgan fingerprint density at radius 2 is 1.95 bits per heavy atom. The zero-order chi connectivity index (χ0) is 15.6. The van der Waals surface area contributed by atoms with Crippen LogP contribution in [0.2, 0.25) is 5.02 Å². The van der Waals surface area contributed by atoms with Crippen LogP contribution < -0.4 is 10.5 Å². The molecule has 112 valence electrons. The number of amides is 1. The Labute approximate surface area is 124 Å². The summed E-state index contributed by atoms with van der Waals surface area (Å²) in [5, 5.41) is 7.77. The Bertz CT molecular complexity index is 607. The molecule has 1 rings (SSSR count). The van der Waals surface area contributed by atoms with Crippen molar-refractivity contribution in [1.82, 2.24) is 5.32 Å². The van der Waals surface area contributed by atoms with E-state index in [9.17, 15) is 13.2 Å². The average Bonchev–Trinajstić information content (AvgIpc) is 2.26. The minimum absolute atomic E-state index is 0.00117. The molecule has 0 unspecified atom stereocenters. The van der Waals surface area contributed by atoms with E-state index in [4.69, 9.17) is 16.7 Å². The van der Waals surface area contributed by atoms with E-state index in [1.165, 1.54) is 18.2 Å². The van der Waals surface area contributed by atoms with E-state index in [2.05, 4.69) is 26.1 Å². The van der Waals surface area contributed by atoms with E-state index in [-0.39, 0.29) is 26.8 Å². The summed E-state index contributed by atoms with van der Waals surface area (Å²) < 4.78 is 22.7. The molecule has 1 aromatic rings. The second-order valence-corrected chi connectivity index (χ2v) is 7.69. The zero-order valence-electron chi connectivity index (χ0n) is 11.7. The van der Waals surface area contributed by atoms with Crippen LogP contribution in [0.25, 0.3) is 0 Å². The van der Waals surface area contributed by atoms with Crippen molar-refractivity contribution in [2.75, 3.05) is 6.54 Å². The van der Waals surface area contributed by atoms with Crippen LogP contribution in [0.3, 0.4) is 0 Å². The lowest BCUT2D eigenvalue weighted by Crippen LogP contribution is -2.27. The molecule has 0 heterocycles. The monoisotopic (exact) mass is 318 g/mol. The molecule has 0 saturated carbocycles. The highest BCUT2D eigenvalue weighted by atomic mass is 35.5. The maximum Gasteiger partial charge on any atom is 0.251 e.